The third-order valence-electron chi connectivity index (χ3n) is 24.0. The SMILES string of the molecule is C1=CN2CCc3ccccc3[P@](c3ccccc3)CCNCC[P@@](c3ccccc3)c3ccccc3CCN1C2.C1=CN2[CH-]N1CCc1ccccc1[PH+](c1ccccc1)CCNCC[PH+](c1ccccc1)c1ccccc1CC2.C1=CN2[CH-]N1CCc1ccccc1[PH+](c1ccccc1)CCNCC[PH+](c1ccccc1)c1ccccc1CC2.S.S.[CH3-].[CH3-].[CH3-].[Ru+3].[Ru+3].[Y].[Y]. The first kappa shape index (κ1) is 111. The average molecular weight is 2190 g/mol. The summed E-state index contributed by atoms with van der Waals surface area (Å²) in [5, 5.41) is 30.1. The van der Waals surface area contributed by atoms with Gasteiger partial charge in [0.1, 0.15) is 0 Å². The monoisotopic (exact) mass is 2190 g/mol. The Bertz CT molecular complexity index is 4420. The van der Waals surface area contributed by atoms with E-state index in [2.05, 4.69) is 423 Å². The molecule has 12 aromatic rings. The fourth-order valence-corrected chi connectivity index (χ4v) is 33.9. The van der Waals surface area contributed by atoms with Gasteiger partial charge in [-0.15, -0.1) is 0 Å². The van der Waals surface area contributed by atoms with E-state index < -0.39 is 47.5 Å². The predicted octanol–water partition coefficient (Wildman–Crippen LogP) is 15.8. The molecular weight excluding hydrogens is 2050 g/mol. The second kappa shape index (κ2) is 60.0. The number of hydrogen-bond donors (Lipinski definition) is 3. The Balaban J connectivity index is 0.000000256. The molecule has 4 radical (unpaired) electrons. The molecule has 6 aliphatic rings. The van der Waals surface area contributed by atoms with Crippen LogP contribution in [0, 0.1) is 35.6 Å². The molecule has 21 heteroatoms. The summed E-state index contributed by atoms with van der Waals surface area (Å²) >= 11 is 0. The molecular formula is C108H132N9P6Ru2S2Y2+5. The molecule has 3 N–H and O–H groups in total. The molecule has 9 nitrogen and oxygen atoms in total. The molecule has 0 saturated carbocycles. The Morgan fingerprint density at radius 1 is 0.248 bits per heavy atom. The minimum absolute atomic E-state index is 0. The van der Waals surface area contributed by atoms with E-state index in [1.165, 1.54) is 89.9 Å². The summed E-state index contributed by atoms with van der Waals surface area (Å²) in [6.45, 7) is 18.0. The first-order chi connectivity index (χ1) is 59.5. The molecule has 0 fully saturated rings. The predicted molar refractivity (Wildman–Crippen MR) is 571 cm³/mol. The van der Waals surface area contributed by atoms with Crippen LogP contribution in [0.25, 0.3) is 0 Å². The van der Waals surface area contributed by atoms with E-state index in [0.717, 1.165) is 136 Å². The fourth-order valence-electron chi connectivity index (χ4n) is 17.7. The van der Waals surface area contributed by atoms with Crippen LogP contribution in [0.3, 0.4) is 0 Å². The largest absolute Gasteiger partial charge is 3.00 e. The summed E-state index contributed by atoms with van der Waals surface area (Å²) in [5.74, 6) is 0. The Morgan fingerprint density at radius 2 is 0.473 bits per heavy atom. The number of rotatable bonds is 6. The zero-order chi connectivity index (χ0) is 81.0. The number of nitrogens with one attached hydrogen (secondary N) is 3. The smallest absolute Gasteiger partial charge is 0.508 e. The fraction of sp³-hybridized carbons (Fsp3) is 0.231. The summed E-state index contributed by atoms with van der Waals surface area (Å²) < 4.78 is 0. The molecule has 6 aliphatic heterocycles. The van der Waals surface area contributed by atoms with Crippen molar-refractivity contribution >= 4 is 138 Å². The second-order valence-corrected chi connectivity index (χ2v) is 46.7. The third-order valence-corrected chi connectivity index (χ3v) is 40.9. The maximum atomic E-state index is 3.89. The normalized spacial score (nSPS) is 18.9. The van der Waals surface area contributed by atoms with Crippen LogP contribution in [-0.2, 0) is 143 Å². The van der Waals surface area contributed by atoms with Gasteiger partial charge in [-0.1, -0.05) is 255 Å². The van der Waals surface area contributed by atoms with Crippen LogP contribution in [0.2, 0.25) is 0 Å². The van der Waals surface area contributed by atoms with E-state index in [1.807, 2.05) is 0 Å². The van der Waals surface area contributed by atoms with Crippen LogP contribution in [0.5, 0.6) is 0 Å². The van der Waals surface area contributed by atoms with Crippen molar-refractivity contribution in [3.8, 4) is 0 Å². The van der Waals surface area contributed by atoms with Crippen LogP contribution in [0.1, 0.15) is 33.4 Å². The van der Waals surface area contributed by atoms with Gasteiger partial charge in [-0.2, -0.15) is 40.3 Å². The van der Waals surface area contributed by atoms with E-state index >= 15 is 0 Å². The minimum Gasteiger partial charge on any atom is -0.508 e. The number of fused-ring (bicyclic) bond motifs is 12. The molecule has 0 spiro atoms. The molecule has 129 heavy (non-hydrogen) atoms. The van der Waals surface area contributed by atoms with Gasteiger partial charge in [0.2, 0.25) is 0 Å². The van der Waals surface area contributed by atoms with Gasteiger partial charge in [-0.3, -0.25) is 0 Å². The molecule has 18 rings (SSSR count). The summed E-state index contributed by atoms with van der Waals surface area (Å²) in [6.07, 6.45) is 27.1. The van der Waals surface area contributed by atoms with Crippen LogP contribution >= 0.6 is 74.5 Å². The van der Waals surface area contributed by atoms with E-state index in [1.54, 1.807) is 31.8 Å². The van der Waals surface area contributed by atoms with Crippen LogP contribution in [0.15, 0.2) is 365 Å². The maximum absolute atomic E-state index is 3.89. The van der Waals surface area contributed by atoms with Crippen LogP contribution < -0.4 is 79.6 Å². The molecule has 0 saturated heterocycles. The van der Waals surface area contributed by atoms with Gasteiger partial charge in [-0.25, -0.2) is 0 Å². The molecule has 6 heterocycles. The molecule has 12 aromatic carbocycles. The summed E-state index contributed by atoms with van der Waals surface area (Å²) in [6, 6.07) is 123. The van der Waals surface area contributed by atoms with E-state index in [4.69, 9.17) is 0 Å². The average Bonchev–Trinajstić information content (AvgIpc) is 1.84. The van der Waals surface area contributed by atoms with Crippen molar-refractivity contribution in [2.24, 2.45) is 0 Å². The van der Waals surface area contributed by atoms with Crippen molar-refractivity contribution in [2.45, 2.75) is 38.5 Å². The van der Waals surface area contributed by atoms with Crippen molar-refractivity contribution in [1.29, 1.82) is 0 Å². The molecule has 668 valence electrons. The Kier molecular flexibility index (Phi) is 51.8. The summed E-state index contributed by atoms with van der Waals surface area (Å²) in [5.41, 5.74) is 9.03. The summed E-state index contributed by atoms with van der Waals surface area (Å²) in [7, 11) is -4.43. The van der Waals surface area contributed by atoms with Gasteiger partial charge in [0, 0.05) is 117 Å². The van der Waals surface area contributed by atoms with E-state index in [-0.39, 0.29) is 154 Å². The van der Waals surface area contributed by atoms with Gasteiger partial charge in [0.05, 0.1) is 105 Å². The van der Waals surface area contributed by atoms with Gasteiger partial charge in [-0.05, 0) is 258 Å². The third kappa shape index (κ3) is 31.9. The van der Waals surface area contributed by atoms with Crippen LogP contribution in [0.4, 0.5) is 0 Å². The Hall–Kier alpha value is -4.73. The zero-order valence-electron chi connectivity index (χ0n) is 75.4. The first-order valence-corrected chi connectivity index (χ1v) is 53.6. The van der Waals surface area contributed by atoms with Crippen molar-refractivity contribution < 1.29 is 104 Å². The van der Waals surface area contributed by atoms with E-state index in [0.29, 0.717) is 0 Å². The van der Waals surface area contributed by atoms with Gasteiger partial charge < -0.3 is 67.6 Å². The van der Waals surface area contributed by atoms with Crippen LogP contribution in [-0.4, -0.2) is 152 Å². The zero-order valence-corrected chi connectivity index (χ0v) is 92.4. The van der Waals surface area contributed by atoms with Crippen molar-refractivity contribution in [2.75, 3.05) is 122 Å². The quantitative estimate of drug-likeness (QED) is 0.0859. The molecule has 0 amide bonds. The Labute approximate surface area is 872 Å². The molecule has 0 aromatic heterocycles. The first-order valence-electron chi connectivity index (χ1n) is 43.7. The molecule has 6 bridgehead atoms. The van der Waals surface area contributed by atoms with Gasteiger partial charge in [0.25, 0.3) is 0 Å². The van der Waals surface area contributed by atoms with Crippen molar-refractivity contribution in [1.82, 2.24) is 45.3 Å². The Morgan fingerprint density at radius 3 is 0.752 bits per heavy atom. The van der Waals surface area contributed by atoms with Crippen molar-refractivity contribution in [3.05, 3.63) is 434 Å². The van der Waals surface area contributed by atoms with Crippen molar-refractivity contribution in [3.63, 3.8) is 0 Å². The number of hydrogen-bond acceptors (Lipinski definition) is 9. The van der Waals surface area contributed by atoms with Gasteiger partial charge in [0.15, 0.2) is 0 Å². The standard InChI is InChI=1S/C35H39N3P2.2C35H38N3P2.3CH3.2Ru.2H2S.2Y/c3*1-3-13-32(14-4-1)39-27-21-36-22-28-40(33-15-5-2-6-16-33)35-18-10-8-12-31(35)20-24-38-26-25-37(29-38)23-19-30-11-7-9-17-34(30)39;;;;;;;;;/h1-18,25-26,36H,19-24,27-29H2;2*1-18,25-26,29,36H,19-24,27-28H2;3*1H3;;;2*1H2;;/q;5*-1;2*+3;;;;/p+4/t39-,40-;;;;;;;;;;;/m0.........../s1. The molecule has 6 atom stereocenters. The van der Waals surface area contributed by atoms with Gasteiger partial charge >= 0.3 is 39.0 Å². The number of benzene rings is 12. The van der Waals surface area contributed by atoms with E-state index in [9.17, 15) is 0 Å². The maximum Gasteiger partial charge on any atom is 3.00 e. The second-order valence-electron chi connectivity index (χ2n) is 31.8. The summed E-state index contributed by atoms with van der Waals surface area (Å²) in [4.78, 5) is 14.4. The topological polar surface area (TPSA) is 55.5 Å². The number of nitrogens with zero attached hydrogens (tertiary/aromatic N) is 6. The minimum atomic E-state index is -0.896. The molecule has 4 unspecified atom stereocenters. The molecule has 0 aliphatic carbocycles.